The van der Waals surface area contributed by atoms with Gasteiger partial charge in [0.1, 0.15) is 6.10 Å². The summed E-state index contributed by atoms with van der Waals surface area (Å²) in [5.74, 6) is 0.585. The van der Waals surface area contributed by atoms with E-state index in [0.717, 1.165) is 35.7 Å². The Morgan fingerprint density at radius 2 is 2.19 bits per heavy atom. The van der Waals surface area contributed by atoms with Crippen LogP contribution >= 0.6 is 0 Å². The second kappa shape index (κ2) is 5.74. The molecule has 0 saturated heterocycles. The van der Waals surface area contributed by atoms with Crippen molar-refractivity contribution >= 4 is 10.9 Å². The Hall–Kier alpha value is -1.45. The number of hydrogen-bond donors (Lipinski definition) is 1. The molecule has 0 bridgehead atoms. The van der Waals surface area contributed by atoms with Crippen molar-refractivity contribution in [1.29, 1.82) is 0 Å². The van der Waals surface area contributed by atoms with Gasteiger partial charge in [-0.05, 0) is 30.9 Å². The molecule has 0 spiro atoms. The molecular formula is C18H23NO2. The van der Waals surface area contributed by atoms with E-state index in [-0.39, 0.29) is 0 Å². The summed E-state index contributed by atoms with van der Waals surface area (Å²) in [5, 5.41) is 12.0. The summed E-state index contributed by atoms with van der Waals surface area (Å²) in [5.41, 5.74) is 1.34. The van der Waals surface area contributed by atoms with Gasteiger partial charge in [-0.25, -0.2) is 0 Å². The Bertz CT molecular complexity index is 627. The summed E-state index contributed by atoms with van der Waals surface area (Å²) in [6.45, 7) is 2.23. The number of benzene rings is 1. The number of hydrogen-bond acceptors (Lipinski definition) is 3. The second-order valence-electron chi connectivity index (χ2n) is 6.33. The number of ether oxygens (including phenoxy) is 1. The fraction of sp³-hybridized carbons (Fsp3) is 0.500. The molecule has 1 N–H and O–H groups in total. The summed E-state index contributed by atoms with van der Waals surface area (Å²) in [4.78, 5) is 4.47. The average molecular weight is 285 g/mol. The highest BCUT2D eigenvalue weighted by Crippen LogP contribution is 2.43. The van der Waals surface area contributed by atoms with Gasteiger partial charge in [0.15, 0.2) is 0 Å². The third-order valence-electron chi connectivity index (χ3n) is 4.82. The van der Waals surface area contributed by atoms with Crippen LogP contribution in [0, 0.1) is 5.92 Å². The van der Waals surface area contributed by atoms with Crippen LogP contribution in [0.5, 0.6) is 0 Å². The Balaban J connectivity index is 1.96. The molecule has 1 aliphatic rings. The van der Waals surface area contributed by atoms with Crippen molar-refractivity contribution in [3.8, 4) is 0 Å². The van der Waals surface area contributed by atoms with Gasteiger partial charge in [-0.1, -0.05) is 38.0 Å². The molecular weight excluding hydrogens is 262 g/mol. The van der Waals surface area contributed by atoms with Crippen molar-refractivity contribution in [1.82, 2.24) is 4.98 Å². The van der Waals surface area contributed by atoms with Gasteiger partial charge in [0.05, 0.1) is 11.1 Å². The van der Waals surface area contributed by atoms with Crippen molar-refractivity contribution in [3.63, 3.8) is 0 Å². The van der Waals surface area contributed by atoms with Gasteiger partial charge in [-0.15, -0.1) is 0 Å². The molecule has 3 nitrogen and oxygen atoms in total. The quantitative estimate of drug-likeness (QED) is 0.931. The Kier molecular flexibility index (Phi) is 3.96. The molecule has 1 fully saturated rings. The van der Waals surface area contributed by atoms with E-state index < -0.39 is 11.7 Å². The summed E-state index contributed by atoms with van der Waals surface area (Å²) >= 11 is 0. The van der Waals surface area contributed by atoms with Gasteiger partial charge in [-0.3, -0.25) is 4.98 Å². The van der Waals surface area contributed by atoms with E-state index in [1.54, 1.807) is 13.3 Å². The first-order valence-electron chi connectivity index (χ1n) is 7.72. The number of rotatable bonds is 3. The Morgan fingerprint density at radius 3 is 2.95 bits per heavy atom. The lowest BCUT2D eigenvalue weighted by atomic mass is 9.74. The average Bonchev–Trinajstić information content (AvgIpc) is 2.53. The first-order chi connectivity index (χ1) is 10.1. The Labute approximate surface area is 126 Å². The van der Waals surface area contributed by atoms with Gasteiger partial charge in [-0.2, -0.15) is 0 Å². The van der Waals surface area contributed by atoms with Crippen molar-refractivity contribution in [2.75, 3.05) is 7.11 Å². The van der Waals surface area contributed by atoms with Gasteiger partial charge in [0.2, 0.25) is 0 Å². The number of nitrogens with zero attached hydrogens (tertiary/aromatic N) is 1. The lowest BCUT2D eigenvalue weighted by Crippen LogP contribution is -2.42. The monoisotopic (exact) mass is 285 g/mol. The minimum absolute atomic E-state index is 0.470. The fourth-order valence-electron chi connectivity index (χ4n) is 3.63. The van der Waals surface area contributed by atoms with Crippen LogP contribution in [0.1, 0.15) is 44.3 Å². The molecule has 3 heteroatoms. The van der Waals surface area contributed by atoms with Crippen LogP contribution in [0.3, 0.4) is 0 Å². The van der Waals surface area contributed by atoms with Crippen LogP contribution in [-0.4, -0.2) is 22.8 Å². The second-order valence-corrected chi connectivity index (χ2v) is 6.33. The summed E-state index contributed by atoms with van der Waals surface area (Å²) in [7, 11) is 1.72. The Morgan fingerprint density at radius 1 is 1.38 bits per heavy atom. The molecule has 1 aromatic heterocycles. The van der Waals surface area contributed by atoms with E-state index >= 15 is 0 Å². The highest BCUT2D eigenvalue weighted by Gasteiger charge is 2.42. The molecule has 112 valence electrons. The van der Waals surface area contributed by atoms with Crippen LogP contribution in [0.4, 0.5) is 0 Å². The molecule has 1 aliphatic carbocycles. The predicted molar refractivity (Wildman–Crippen MR) is 84.1 cm³/mol. The number of aliphatic hydroxyl groups excluding tert-OH is 1. The van der Waals surface area contributed by atoms with E-state index in [2.05, 4.69) is 11.9 Å². The van der Waals surface area contributed by atoms with Gasteiger partial charge < -0.3 is 9.84 Å². The maximum atomic E-state index is 10.9. The predicted octanol–water partition coefficient (Wildman–Crippen LogP) is 3.86. The highest BCUT2D eigenvalue weighted by molar-refractivity contribution is 5.78. The number of aliphatic hydroxyl groups is 1. The SMILES string of the molecule is COC1(C(O)c2cnc3ccccc3c2)CCCC(C)C1. The number of pyridine rings is 1. The number of aromatic nitrogens is 1. The van der Waals surface area contributed by atoms with Crippen molar-refractivity contribution in [2.45, 2.75) is 44.3 Å². The minimum Gasteiger partial charge on any atom is -0.385 e. The first kappa shape index (κ1) is 14.5. The van der Waals surface area contributed by atoms with Crippen LogP contribution in [0.2, 0.25) is 0 Å². The molecule has 1 saturated carbocycles. The van der Waals surface area contributed by atoms with Crippen molar-refractivity contribution in [2.24, 2.45) is 5.92 Å². The molecule has 3 rings (SSSR count). The number of methoxy groups -OCH3 is 1. The van der Waals surface area contributed by atoms with E-state index in [9.17, 15) is 5.11 Å². The lowest BCUT2D eigenvalue weighted by molar-refractivity contribution is -0.134. The largest absolute Gasteiger partial charge is 0.385 e. The zero-order valence-corrected chi connectivity index (χ0v) is 12.7. The van der Waals surface area contributed by atoms with Gasteiger partial charge in [0.25, 0.3) is 0 Å². The van der Waals surface area contributed by atoms with E-state index in [1.807, 2.05) is 30.3 Å². The molecule has 3 unspecified atom stereocenters. The normalized spacial score (nSPS) is 27.7. The maximum Gasteiger partial charge on any atom is 0.109 e. The molecule has 1 aromatic carbocycles. The van der Waals surface area contributed by atoms with Crippen molar-refractivity contribution in [3.05, 3.63) is 42.1 Å². The topological polar surface area (TPSA) is 42.4 Å². The molecule has 0 amide bonds. The van der Waals surface area contributed by atoms with Crippen molar-refractivity contribution < 1.29 is 9.84 Å². The smallest absolute Gasteiger partial charge is 0.109 e. The molecule has 0 aliphatic heterocycles. The zero-order chi connectivity index (χ0) is 14.9. The van der Waals surface area contributed by atoms with Crippen LogP contribution in [0.25, 0.3) is 10.9 Å². The molecule has 1 heterocycles. The summed E-state index contributed by atoms with van der Waals surface area (Å²) < 4.78 is 5.80. The summed E-state index contributed by atoms with van der Waals surface area (Å²) in [6.07, 6.45) is 5.29. The third kappa shape index (κ3) is 2.68. The zero-order valence-electron chi connectivity index (χ0n) is 12.7. The lowest BCUT2D eigenvalue weighted by Gasteiger charge is -2.42. The fourth-order valence-corrected chi connectivity index (χ4v) is 3.63. The van der Waals surface area contributed by atoms with E-state index in [4.69, 9.17) is 4.74 Å². The number of para-hydroxylation sites is 1. The van der Waals surface area contributed by atoms with Crippen LogP contribution in [0.15, 0.2) is 36.5 Å². The minimum atomic E-state index is -0.623. The third-order valence-corrected chi connectivity index (χ3v) is 4.82. The van der Waals surface area contributed by atoms with Crippen LogP contribution in [-0.2, 0) is 4.74 Å². The summed E-state index contributed by atoms with van der Waals surface area (Å²) in [6, 6.07) is 10.0. The molecule has 21 heavy (non-hydrogen) atoms. The highest BCUT2D eigenvalue weighted by atomic mass is 16.5. The van der Waals surface area contributed by atoms with Gasteiger partial charge in [0, 0.05) is 24.3 Å². The molecule has 3 atom stereocenters. The van der Waals surface area contributed by atoms with E-state index in [1.165, 1.54) is 6.42 Å². The molecule has 2 aromatic rings. The maximum absolute atomic E-state index is 10.9. The van der Waals surface area contributed by atoms with E-state index in [0.29, 0.717) is 5.92 Å². The van der Waals surface area contributed by atoms with Gasteiger partial charge >= 0.3 is 0 Å². The molecule has 0 radical (unpaired) electrons. The van der Waals surface area contributed by atoms with Crippen LogP contribution < -0.4 is 0 Å². The standard InChI is InChI=1S/C18H23NO2/c1-13-6-5-9-18(11-13,21-2)17(20)15-10-14-7-3-4-8-16(14)19-12-15/h3-4,7-8,10,12-13,17,20H,5-6,9,11H2,1-2H3. The first-order valence-corrected chi connectivity index (χ1v) is 7.72. The number of fused-ring (bicyclic) bond motifs is 1.